The van der Waals surface area contributed by atoms with Crippen LogP contribution in [0.25, 0.3) is 16.2 Å². The van der Waals surface area contributed by atoms with Crippen molar-refractivity contribution in [1.82, 2.24) is 14.4 Å². The van der Waals surface area contributed by atoms with E-state index in [2.05, 4.69) is 15.3 Å². The number of carbonyl (C=O) groups is 1. The Bertz CT molecular complexity index is 726. The standard InChI is InChI=1S/C13H12N4OS/c1-8-12(19-13(14-8)15-9(2)18)10-7-17-6-4-3-5-11(17)16-10/h3-7H,1-2H3,(H,14,15,18). The highest BCUT2D eigenvalue weighted by atomic mass is 32.1. The molecule has 5 nitrogen and oxygen atoms in total. The number of carbonyl (C=O) groups excluding carboxylic acids is 1. The van der Waals surface area contributed by atoms with Crippen LogP contribution in [0.3, 0.4) is 0 Å². The van der Waals surface area contributed by atoms with E-state index in [1.54, 1.807) is 0 Å². The van der Waals surface area contributed by atoms with Crippen LogP contribution in [0.4, 0.5) is 5.13 Å². The Morgan fingerprint density at radius 1 is 1.37 bits per heavy atom. The molecule has 3 heterocycles. The Morgan fingerprint density at radius 2 is 2.21 bits per heavy atom. The number of nitrogens with one attached hydrogen (secondary N) is 1. The van der Waals surface area contributed by atoms with E-state index in [4.69, 9.17) is 0 Å². The van der Waals surface area contributed by atoms with Gasteiger partial charge in [0.25, 0.3) is 0 Å². The molecular formula is C13H12N4OS. The molecule has 3 aromatic rings. The summed E-state index contributed by atoms with van der Waals surface area (Å²) in [6, 6.07) is 5.86. The minimum absolute atomic E-state index is 0.115. The zero-order chi connectivity index (χ0) is 13.4. The van der Waals surface area contributed by atoms with Gasteiger partial charge in [0.2, 0.25) is 5.91 Å². The number of pyridine rings is 1. The van der Waals surface area contributed by atoms with Crippen molar-refractivity contribution in [3.05, 3.63) is 36.3 Å². The quantitative estimate of drug-likeness (QED) is 0.780. The summed E-state index contributed by atoms with van der Waals surface area (Å²) in [6.07, 6.45) is 3.92. The summed E-state index contributed by atoms with van der Waals surface area (Å²) in [4.78, 5) is 20.9. The highest BCUT2D eigenvalue weighted by Gasteiger charge is 2.13. The fourth-order valence-electron chi connectivity index (χ4n) is 1.88. The topological polar surface area (TPSA) is 59.3 Å². The lowest BCUT2D eigenvalue weighted by atomic mass is 10.3. The first-order valence-corrected chi connectivity index (χ1v) is 6.64. The molecular weight excluding hydrogens is 260 g/mol. The van der Waals surface area contributed by atoms with Crippen LogP contribution in [-0.4, -0.2) is 20.3 Å². The number of nitrogens with zero attached hydrogens (tertiary/aromatic N) is 3. The number of thiazole rings is 1. The fraction of sp³-hybridized carbons (Fsp3) is 0.154. The molecule has 0 aliphatic carbocycles. The average molecular weight is 272 g/mol. The molecule has 1 amide bonds. The molecule has 3 aromatic heterocycles. The number of hydrogen-bond acceptors (Lipinski definition) is 4. The predicted octanol–water partition coefficient (Wildman–Crippen LogP) is 2.72. The van der Waals surface area contributed by atoms with Crippen molar-refractivity contribution >= 4 is 28.0 Å². The van der Waals surface area contributed by atoms with Gasteiger partial charge in [-0.1, -0.05) is 17.4 Å². The highest BCUT2D eigenvalue weighted by molar-refractivity contribution is 7.19. The van der Waals surface area contributed by atoms with E-state index >= 15 is 0 Å². The molecule has 0 saturated heterocycles. The molecule has 1 N–H and O–H groups in total. The molecule has 3 rings (SSSR count). The third kappa shape index (κ3) is 2.22. The number of anilines is 1. The highest BCUT2D eigenvalue weighted by Crippen LogP contribution is 2.32. The Balaban J connectivity index is 2.05. The third-order valence-corrected chi connectivity index (χ3v) is 3.77. The molecule has 0 spiro atoms. The second kappa shape index (κ2) is 4.47. The molecule has 0 radical (unpaired) electrons. The Labute approximate surface area is 113 Å². The van der Waals surface area contributed by atoms with Gasteiger partial charge in [-0.05, 0) is 19.1 Å². The van der Waals surface area contributed by atoms with Crippen molar-refractivity contribution in [3.63, 3.8) is 0 Å². The molecule has 19 heavy (non-hydrogen) atoms. The van der Waals surface area contributed by atoms with E-state index in [1.807, 2.05) is 41.9 Å². The minimum Gasteiger partial charge on any atom is -0.306 e. The molecule has 0 aromatic carbocycles. The van der Waals surface area contributed by atoms with Crippen LogP contribution in [0.15, 0.2) is 30.6 Å². The molecule has 0 saturated carbocycles. The van der Waals surface area contributed by atoms with Gasteiger partial charge < -0.3 is 9.72 Å². The number of aromatic nitrogens is 3. The molecule has 0 aliphatic heterocycles. The summed E-state index contributed by atoms with van der Waals surface area (Å²) in [5.41, 5.74) is 2.64. The summed E-state index contributed by atoms with van der Waals surface area (Å²) in [5.74, 6) is -0.115. The molecule has 0 fully saturated rings. The molecule has 0 atom stereocenters. The number of rotatable bonds is 2. The number of amides is 1. The van der Waals surface area contributed by atoms with Crippen LogP contribution in [0, 0.1) is 6.92 Å². The minimum atomic E-state index is -0.115. The maximum absolute atomic E-state index is 11.0. The first kappa shape index (κ1) is 11.9. The summed E-state index contributed by atoms with van der Waals surface area (Å²) in [6.45, 7) is 3.39. The number of imidazole rings is 1. The Morgan fingerprint density at radius 3 is 2.95 bits per heavy atom. The van der Waals surface area contributed by atoms with Gasteiger partial charge in [-0.25, -0.2) is 9.97 Å². The average Bonchev–Trinajstić information content (AvgIpc) is 2.91. The first-order valence-electron chi connectivity index (χ1n) is 5.82. The third-order valence-electron chi connectivity index (χ3n) is 2.68. The lowest BCUT2D eigenvalue weighted by Gasteiger charge is -1.92. The summed E-state index contributed by atoms with van der Waals surface area (Å²) < 4.78 is 1.96. The number of hydrogen-bond donors (Lipinski definition) is 1. The second-order valence-corrected chi connectivity index (χ2v) is 5.21. The van der Waals surface area contributed by atoms with Gasteiger partial charge in [-0.2, -0.15) is 0 Å². The maximum atomic E-state index is 11.0. The lowest BCUT2D eigenvalue weighted by molar-refractivity contribution is -0.114. The number of fused-ring (bicyclic) bond motifs is 1. The molecule has 0 unspecified atom stereocenters. The maximum Gasteiger partial charge on any atom is 0.223 e. The largest absolute Gasteiger partial charge is 0.306 e. The van der Waals surface area contributed by atoms with Gasteiger partial charge in [-0.3, -0.25) is 4.79 Å². The van der Waals surface area contributed by atoms with Crippen molar-refractivity contribution in [2.24, 2.45) is 0 Å². The second-order valence-electron chi connectivity index (χ2n) is 4.21. The van der Waals surface area contributed by atoms with E-state index in [-0.39, 0.29) is 5.91 Å². The van der Waals surface area contributed by atoms with Gasteiger partial charge in [0.15, 0.2) is 5.13 Å². The zero-order valence-electron chi connectivity index (χ0n) is 10.5. The Kier molecular flexibility index (Phi) is 2.79. The van der Waals surface area contributed by atoms with Crippen LogP contribution in [-0.2, 0) is 4.79 Å². The summed E-state index contributed by atoms with van der Waals surface area (Å²) in [5, 5.41) is 3.31. The van der Waals surface area contributed by atoms with E-state index < -0.39 is 0 Å². The number of aryl methyl sites for hydroxylation is 1. The molecule has 0 bridgehead atoms. The van der Waals surface area contributed by atoms with Crippen molar-refractivity contribution in [3.8, 4) is 10.6 Å². The van der Waals surface area contributed by atoms with Crippen LogP contribution in [0.1, 0.15) is 12.6 Å². The van der Waals surface area contributed by atoms with Crippen LogP contribution in [0.2, 0.25) is 0 Å². The van der Waals surface area contributed by atoms with Gasteiger partial charge in [0.1, 0.15) is 11.3 Å². The molecule has 6 heteroatoms. The SMILES string of the molecule is CC(=O)Nc1nc(C)c(-c2cn3ccccc3n2)s1. The van der Waals surface area contributed by atoms with Crippen molar-refractivity contribution in [2.75, 3.05) is 5.32 Å². The smallest absolute Gasteiger partial charge is 0.223 e. The normalized spacial score (nSPS) is 10.8. The van der Waals surface area contributed by atoms with Gasteiger partial charge in [0.05, 0.1) is 10.6 Å². The van der Waals surface area contributed by atoms with E-state index in [0.717, 1.165) is 21.9 Å². The summed E-state index contributed by atoms with van der Waals surface area (Å²) >= 11 is 1.44. The van der Waals surface area contributed by atoms with Gasteiger partial charge >= 0.3 is 0 Å². The van der Waals surface area contributed by atoms with E-state index in [0.29, 0.717) is 5.13 Å². The summed E-state index contributed by atoms with van der Waals surface area (Å²) in [7, 11) is 0. The van der Waals surface area contributed by atoms with Crippen LogP contribution in [0.5, 0.6) is 0 Å². The van der Waals surface area contributed by atoms with Crippen molar-refractivity contribution in [2.45, 2.75) is 13.8 Å². The fourth-order valence-corrected chi connectivity index (χ4v) is 2.85. The molecule has 96 valence electrons. The monoisotopic (exact) mass is 272 g/mol. The first-order chi connectivity index (χ1) is 9.13. The zero-order valence-corrected chi connectivity index (χ0v) is 11.4. The van der Waals surface area contributed by atoms with Crippen molar-refractivity contribution in [1.29, 1.82) is 0 Å². The van der Waals surface area contributed by atoms with Crippen LogP contribution >= 0.6 is 11.3 Å². The van der Waals surface area contributed by atoms with Gasteiger partial charge in [0, 0.05) is 19.3 Å². The van der Waals surface area contributed by atoms with E-state index in [1.165, 1.54) is 18.3 Å². The van der Waals surface area contributed by atoms with Gasteiger partial charge in [-0.15, -0.1) is 0 Å². The Hall–Kier alpha value is -2.21. The van der Waals surface area contributed by atoms with Crippen LogP contribution < -0.4 is 5.32 Å². The van der Waals surface area contributed by atoms with E-state index in [9.17, 15) is 4.79 Å². The lowest BCUT2D eigenvalue weighted by Crippen LogP contribution is -2.04. The molecule has 0 aliphatic rings. The predicted molar refractivity (Wildman–Crippen MR) is 75.3 cm³/mol. The van der Waals surface area contributed by atoms with Crippen molar-refractivity contribution < 1.29 is 4.79 Å².